The van der Waals surface area contributed by atoms with Gasteiger partial charge in [0.15, 0.2) is 11.6 Å². The number of methoxy groups -OCH3 is 1. The van der Waals surface area contributed by atoms with E-state index in [1.165, 1.54) is 37.4 Å². The number of nitro benzene ring substituents is 1. The molecule has 0 unspecified atom stereocenters. The first kappa shape index (κ1) is 18.8. The van der Waals surface area contributed by atoms with Crippen LogP contribution in [0.4, 0.5) is 27.1 Å². The summed E-state index contributed by atoms with van der Waals surface area (Å²) in [5.74, 6) is -0.939. The second kappa shape index (κ2) is 8.17. The van der Waals surface area contributed by atoms with Crippen molar-refractivity contribution >= 4 is 28.7 Å². The van der Waals surface area contributed by atoms with Crippen LogP contribution in [0.1, 0.15) is 10.4 Å². The second-order valence-corrected chi connectivity index (χ2v) is 5.78. The van der Waals surface area contributed by atoms with E-state index in [0.29, 0.717) is 16.9 Å². The van der Waals surface area contributed by atoms with Gasteiger partial charge in [-0.05, 0) is 36.4 Å². The molecule has 1 amide bonds. The standard InChI is InChI=1S/C20H16FN3O4/c1-28-19-11-8-14(12-17(19)21)23-20(25)16-4-2-3-5-18(16)22-13-6-9-15(10-7-13)24(26)27/h2-12,22H,1H3,(H,23,25). The molecule has 7 nitrogen and oxygen atoms in total. The lowest BCUT2D eigenvalue weighted by molar-refractivity contribution is -0.384. The molecular formula is C20H16FN3O4. The Morgan fingerprint density at radius 1 is 1.04 bits per heavy atom. The number of benzene rings is 3. The highest BCUT2D eigenvalue weighted by molar-refractivity contribution is 6.08. The lowest BCUT2D eigenvalue weighted by Gasteiger charge is -2.13. The normalized spacial score (nSPS) is 10.2. The number of hydrogen-bond donors (Lipinski definition) is 2. The van der Waals surface area contributed by atoms with E-state index in [-0.39, 0.29) is 17.1 Å². The number of amides is 1. The number of anilines is 3. The highest BCUT2D eigenvalue weighted by Crippen LogP contribution is 2.25. The van der Waals surface area contributed by atoms with Crippen molar-refractivity contribution in [2.24, 2.45) is 0 Å². The van der Waals surface area contributed by atoms with Crippen molar-refractivity contribution in [2.75, 3.05) is 17.7 Å². The van der Waals surface area contributed by atoms with Crippen LogP contribution < -0.4 is 15.4 Å². The van der Waals surface area contributed by atoms with Gasteiger partial charge in [-0.15, -0.1) is 0 Å². The van der Waals surface area contributed by atoms with Crippen LogP contribution in [0, 0.1) is 15.9 Å². The van der Waals surface area contributed by atoms with E-state index >= 15 is 0 Å². The third-order valence-electron chi connectivity index (χ3n) is 3.94. The van der Waals surface area contributed by atoms with Gasteiger partial charge >= 0.3 is 0 Å². The van der Waals surface area contributed by atoms with Crippen LogP contribution in [0.5, 0.6) is 5.75 Å². The van der Waals surface area contributed by atoms with Crippen LogP contribution in [0.3, 0.4) is 0 Å². The van der Waals surface area contributed by atoms with Gasteiger partial charge < -0.3 is 15.4 Å². The Morgan fingerprint density at radius 3 is 2.36 bits per heavy atom. The summed E-state index contributed by atoms with van der Waals surface area (Å²) in [5, 5.41) is 16.4. The minimum absolute atomic E-state index is 0.0295. The van der Waals surface area contributed by atoms with Crippen LogP contribution in [0.15, 0.2) is 66.7 Å². The van der Waals surface area contributed by atoms with Gasteiger partial charge in [-0.3, -0.25) is 14.9 Å². The zero-order chi connectivity index (χ0) is 20.1. The minimum atomic E-state index is -0.586. The summed E-state index contributed by atoms with van der Waals surface area (Å²) in [7, 11) is 1.36. The zero-order valence-corrected chi connectivity index (χ0v) is 14.8. The fourth-order valence-corrected chi connectivity index (χ4v) is 2.55. The van der Waals surface area contributed by atoms with E-state index < -0.39 is 16.6 Å². The van der Waals surface area contributed by atoms with Gasteiger partial charge in [-0.1, -0.05) is 12.1 Å². The highest BCUT2D eigenvalue weighted by atomic mass is 19.1. The number of carbonyl (C=O) groups excluding carboxylic acids is 1. The Bertz CT molecular complexity index is 1020. The van der Waals surface area contributed by atoms with E-state index in [1.807, 2.05) is 0 Å². The van der Waals surface area contributed by atoms with Gasteiger partial charge in [0, 0.05) is 29.6 Å². The Balaban J connectivity index is 1.80. The minimum Gasteiger partial charge on any atom is -0.494 e. The van der Waals surface area contributed by atoms with Crippen molar-refractivity contribution in [3.63, 3.8) is 0 Å². The number of ether oxygens (including phenoxy) is 1. The molecule has 3 aromatic carbocycles. The van der Waals surface area contributed by atoms with Crippen molar-refractivity contribution in [3.8, 4) is 5.75 Å². The molecule has 0 saturated carbocycles. The van der Waals surface area contributed by atoms with Gasteiger partial charge in [0.1, 0.15) is 0 Å². The van der Waals surface area contributed by atoms with Crippen LogP contribution in [-0.2, 0) is 0 Å². The molecule has 0 radical (unpaired) electrons. The Hall–Kier alpha value is -3.94. The third kappa shape index (κ3) is 4.24. The van der Waals surface area contributed by atoms with E-state index in [2.05, 4.69) is 10.6 Å². The number of nitro groups is 1. The fourth-order valence-electron chi connectivity index (χ4n) is 2.55. The summed E-state index contributed by atoms with van der Waals surface area (Å²) in [4.78, 5) is 22.9. The van der Waals surface area contributed by atoms with Crippen molar-refractivity contribution in [1.29, 1.82) is 0 Å². The molecule has 0 saturated heterocycles. The van der Waals surface area contributed by atoms with E-state index in [0.717, 1.165) is 0 Å². The summed E-state index contributed by atoms with van der Waals surface area (Å²) in [6.07, 6.45) is 0. The molecule has 0 aliphatic rings. The number of carbonyl (C=O) groups is 1. The number of rotatable bonds is 6. The van der Waals surface area contributed by atoms with Crippen molar-refractivity contribution in [2.45, 2.75) is 0 Å². The summed E-state index contributed by atoms with van der Waals surface area (Å²) < 4.78 is 18.7. The summed E-state index contributed by atoms with van der Waals surface area (Å²) in [5.41, 5.74) is 1.67. The molecule has 0 fully saturated rings. The molecule has 3 aromatic rings. The Morgan fingerprint density at radius 2 is 1.71 bits per heavy atom. The molecule has 3 rings (SSSR count). The van der Waals surface area contributed by atoms with Crippen molar-refractivity contribution in [3.05, 3.63) is 88.2 Å². The molecular weight excluding hydrogens is 365 g/mol. The highest BCUT2D eigenvalue weighted by Gasteiger charge is 2.13. The lowest BCUT2D eigenvalue weighted by Crippen LogP contribution is -2.14. The van der Waals surface area contributed by atoms with Crippen LogP contribution in [0.2, 0.25) is 0 Å². The zero-order valence-electron chi connectivity index (χ0n) is 14.8. The SMILES string of the molecule is COc1ccc(NC(=O)c2ccccc2Nc2ccc([N+](=O)[O-])cc2)cc1F. The fraction of sp³-hybridized carbons (Fsp3) is 0.0500. The predicted molar refractivity (Wildman–Crippen MR) is 104 cm³/mol. The Kier molecular flexibility index (Phi) is 5.50. The predicted octanol–water partition coefficient (Wildman–Crippen LogP) is 4.74. The topological polar surface area (TPSA) is 93.5 Å². The maximum atomic E-state index is 13.8. The lowest BCUT2D eigenvalue weighted by atomic mass is 10.1. The molecule has 0 atom stereocenters. The second-order valence-electron chi connectivity index (χ2n) is 5.78. The first-order valence-corrected chi connectivity index (χ1v) is 8.23. The van der Waals surface area contributed by atoms with Crippen LogP contribution in [-0.4, -0.2) is 17.9 Å². The molecule has 0 aromatic heterocycles. The first-order valence-electron chi connectivity index (χ1n) is 8.23. The smallest absolute Gasteiger partial charge is 0.269 e. The molecule has 0 aliphatic carbocycles. The largest absolute Gasteiger partial charge is 0.494 e. The van der Waals surface area contributed by atoms with Crippen molar-refractivity contribution in [1.82, 2.24) is 0 Å². The molecule has 2 N–H and O–H groups in total. The maximum Gasteiger partial charge on any atom is 0.269 e. The summed E-state index contributed by atoms with van der Waals surface area (Å²) >= 11 is 0. The van der Waals surface area contributed by atoms with Crippen molar-refractivity contribution < 1.29 is 18.8 Å². The first-order chi connectivity index (χ1) is 13.5. The number of nitrogens with zero attached hydrogens (tertiary/aromatic N) is 1. The quantitative estimate of drug-likeness (QED) is 0.475. The molecule has 28 heavy (non-hydrogen) atoms. The third-order valence-corrected chi connectivity index (χ3v) is 3.94. The number of non-ortho nitro benzene ring substituents is 1. The van der Waals surface area contributed by atoms with Crippen LogP contribution >= 0.6 is 0 Å². The summed E-state index contributed by atoms with van der Waals surface area (Å²) in [6.45, 7) is 0. The van der Waals surface area contributed by atoms with E-state index in [9.17, 15) is 19.3 Å². The number of hydrogen-bond acceptors (Lipinski definition) is 5. The number of para-hydroxylation sites is 1. The average Bonchev–Trinajstić information content (AvgIpc) is 2.69. The Labute approximate surface area is 159 Å². The number of nitrogens with one attached hydrogen (secondary N) is 2. The maximum absolute atomic E-state index is 13.8. The molecule has 0 bridgehead atoms. The number of halogens is 1. The van der Waals surface area contributed by atoms with Gasteiger partial charge in [0.2, 0.25) is 0 Å². The monoisotopic (exact) mass is 381 g/mol. The molecule has 0 spiro atoms. The molecule has 142 valence electrons. The molecule has 8 heteroatoms. The van der Waals surface area contributed by atoms with Gasteiger partial charge in [0.25, 0.3) is 11.6 Å². The van der Waals surface area contributed by atoms with E-state index in [4.69, 9.17) is 4.74 Å². The average molecular weight is 381 g/mol. The molecule has 0 aliphatic heterocycles. The van der Waals surface area contributed by atoms with E-state index in [1.54, 1.807) is 36.4 Å². The van der Waals surface area contributed by atoms with Gasteiger partial charge in [-0.25, -0.2) is 4.39 Å². The van der Waals surface area contributed by atoms with Gasteiger partial charge in [-0.2, -0.15) is 0 Å². The van der Waals surface area contributed by atoms with Gasteiger partial charge in [0.05, 0.1) is 23.3 Å². The van der Waals surface area contributed by atoms with Crippen LogP contribution in [0.25, 0.3) is 0 Å². The molecule has 0 heterocycles. The summed E-state index contributed by atoms with van der Waals surface area (Å²) in [6, 6.07) is 16.7.